The van der Waals surface area contributed by atoms with Crippen LogP contribution in [0.5, 0.6) is 0 Å². The molecule has 0 radical (unpaired) electrons. The van der Waals surface area contributed by atoms with Crippen LogP contribution in [0.25, 0.3) is 11.1 Å². The van der Waals surface area contributed by atoms with Gasteiger partial charge in [-0.05, 0) is 105 Å². The number of aliphatic imine (C=N–C) groups is 1. The van der Waals surface area contributed by atoms with Crippen molar-refractivity contribution in [1.82, 2.24) is 0 Å². The van der Waals surface area contributed by atoms with Crippen LogP contribution in [-0.4, -0.2) is 18.0 Å². The molecule has 4 atom stereocenters. The Morgan fingerprint density at radius 1 is 0.914 bits per heavy atom. The van der Waals surface area contributed by atoms with Gasteiger partial charge < -0.3 is 4.74 Å². The number of rotatable bonds is 6. The van der Waals surface area contributed by atoms with Crippen LogP contribution in [0.15, 0.2) is 41.4 Å². The lowest BCUT2D eigenvalue weighted by Crippen LogP contribution is -2.30. The number of hydrogen-bond acceptors (Lipinski definition) is 2. The Labute approximate surface area is 209 Å². The van der Waals surface area contributed by atoms with Crippen LogP contribution < -0.4 is 0 Å². The Morgan fingerprint density at radius 2 is 1.57 bits per heavy atom. The van der Waals surface area contributed by atoms with Crippen molar-refractivity contribution in [3.05, 3.63) is 59.2 Å². The number of unbranched alkanes of at least 4 members (excludes halogenated alkanes) is 1. The van der Waals surface area contributed by atoms with Crippen molar-refractivity contribution in [3.8, 4) is 11.1 Å². The number of hydrogen-bond donors (Lipinski definition) is 0. The average molecular weight is 480 g/mol. The smallest absolute Gasteiger partial charge is 0.216 e. The fourth-order valence-corrected chi connectivity index (χ4v) is 6.66. The molecule has 35 heavy (non-hydrogen) atoms. The second-order valence-electron chi connectivity index (χ2n) is 11.8. The summed E-state index contributed by atoms with van der Waals surface area (Å²) in [6.07, 6.45) is 11.3. The van der Waals surface area contributed by atoms with E-state index >= 15 is 8.78 Å². The molecular formula is C31H39F2NO. The Kier molecular flexibility index (Phi) is 7.01. The van der Waals surface area contributed by atoms with Crippen LogP contribution in [0, 0.1) is 29.4 Å². The molecule has 2 fully saturated rings. The van der Waals surface area contributed by atoms with Gasteiger partial charge in [0, 0.05) is 5.56 Å². The van der Waals surface area contributed by atoms with Gasteiger partial charge >= 0.3 is 0 Å². The van der Waals surface area contributed by atoms with E-state index in [0.717, 1.165) is 41.7 Å². The van der Waals surface area contributed by atoms with Gasteiger partial charge in [-0.1, -0.05) is 44.7 Å². The molecule has 0 saturated heterocycles. The average Bonchev–Trinajstić information content (AvgIpc) is 3.21. The van der Waals surface area contributed by atoms with E-state index in [1.54, 1.807) is 24.3 Å². The maximum atomic E-state index is 15.3. The Bertz CT molecular complexity index is 1050. The quantitative estimate of drug-likeness (QED) is 0.406. The molecule has 0 aromatic heterocycles. The normalized spacial score (nSPS) is 27.7. The van der Waals surface area contributed by atoms with Crippen molar-refractivity contribution in [3.63, 3.8) is 0 Å². The molecule has 188 valence electrons. The van der Waals surface area contributed by atoms with Crippen molar-refractivity contribution in [2.24, 2.45) is 22.7 Å². The molecule has 0 spiro atoms. The summed E-state index contributed by atoms with van der Waals surface area (Å²) in [6.45, 7) is 6.85. The largest absolute Gasteiger partial charge is 0.475 e. The molecule has 2 nitrogen and oxygen atoms in total. The minimum atomic E-state index is -0.464. The first-order valence-electron chi connectivity index (χ1n) is 13.7. The van der Waals surface area contributed by atoms with E-state index in [4.69, 9.17) is 4.74 Å². The fraction of sp³-hybridized carbons (Fsp3) is 0.581. The molecule has 2 aromatic rings. The van der Waals surface area contributed by atoms with E-state index in [2.05, 4.69) is 11.9 Å². The summed E-state index contributed by atoms with van der Waals surface area (Å²) in [7, 11) is 0. The summed E-state index contributed by atoms with van der Waals surface area (Å²) in [6, 6.07) is 10.4. The summed E-state index contributed by atoms with van der Waals surface area (Å²) in [5.41, 5.74) is 2.03. The molecule has 4 heteroatoms. The topological polar surface area (TPSA) is 21.6 Å². The van der Waals surface area contributed by atoms with Crippen molar-refractivity contribution < 1.29 is 13.5 Å². The van der Waals surface area contributed by atoms with Crippen LogP contribution in [0.4, 0.5) is 8.78 Å². The van der Waals surface area contributed by atoms with Gasteiger partial charge in [0.25, 0.3) is 0 Å². The van der Waals surface area contributed by atoms with Gasteiger partial charge in [-0.3, -0.25) is 0 Å². The third kappa shape index (κ3) is 5.32. The first-order valence-corrected chi connectivity index (χ1v) is 13.7. The van der Waals surface area contributed by atoms with Gasteiger partial charge in [0.15, 0.2) is 0 Å². The van der Waals surface area contributed by atoms with Gasteiger partial charge in [0.1, 0.15) is 18.2 Å². The highest BCUT2D eigenvalue weighted by Gasteiger charge is 2.36. The number of halogens is 2. The third-order valence-electron chi connectivity index (χ3n) is 8.61. The molecule has 0 N–H and O–H groups in total. The molecule has 0 amide bonds. The number of benzene rings is 2. The minimum Gasteiger partial charge on any atom is -0.475 e. The second-order valence-corrected chi connectivity index (χ2v) is 11.8. The summed E-state index contributed by atoms with van der Waals surface area (Å²) in [5, 5.41) is 0. The number of fused-ring (bicyclic) bond motifs is 1. The third-order valence-corrected chi connectivity index (χ3v) is 8.61. The van der Waals surface area contributed by atoms with E-state index in [-0.39, 0.29) is 17.0 Å². The molecule has 0 bridgehead atoms. The molecule has 1 aliphatic heterocycles. The predicted octanol–water partition coefficient (Wildman–Crippen LogP) is 8.68. The SMILES string of the molecule is CCCCC1CC[C@@H]2C[C@H](c3cc(F)c(-c4ccc(C5=NC(C)(C)CO5)cc4)c(F)c3)CC[C@@H]2C1. The van der Waals surface area contributed by atoms with E-state index in [9.17, 15) is 0 Å². The first kappa shape index (κ1) is 24.5. The van der Waals surface area contributed by atoms with Gasteiger partial charge in [-0.15, -0.1) is 0 Å². The Balaban J connectivity index is 1.28. The van der Waals surface area contributed by atoms with Crippen molar-refractivity contribution in [2.75, 3.05) is 6.61 Å². The highest BCUT2D eigenvalue weighted by molar-refractivity contribution is 5.95. The lowest BCUT2D eigenvalue weighted by atomic mass is 9.63. The molecule has 3 aliphatic rings. The zero-order chi connectivity index (χ0) is 24.6. The molecule has 2 saturated carbocycles. The highest BCUT2D eigenvalue weighted by atomic mass is 19.1. The van der Waals surface area contributed by atoms with Crippen molar-refractivity contribution in [2.45, 2.75) is 90.0 Å². The zero-order valence-electron chi connectivity index (χ0n) is 21.5. The van der Waals surface area contributed by atoms with Gasteiger partial charge in [-0.2, -0.15) is 0 Å². The molecule has 2 aromatic carbocycles. The van der Waals surface area contributed by atoms with Crippen LogP contribution >= 0.6 is 0 Å². The maximum absolute atomic E-state index is 15.3. The van der Waals surface area contributed by atoms with E-state index in [0.29, 0.717) is 18.1 Å². The lowest BCUT2D eigenvalue weighted by molar-refractivity contribution is 0.113. The molecule has 2 aliphatic carbocycles. The fourth-order valence-electron chi connectivity index (χ4n) is 6.66. The Morgan fingerprint density at radius 3 is 2.23 bits per heavy atom. The highest BCUT2D eigenvalue weighted by Crippen LogP contribution is 2.49. The minimum absolute atomic E-state index is 0.0556. The number of ether oxygens (including phenoxy) is 1. The molecule has 5 rings (SSSR count). The van der Waals surface area contributed by atoms with Gasteiger partial charge in [-0.25, -0.2) is 13.8 Å². The van der Waals surface area contributed by atoms with Crippen LogP contribution in [0.1, 0.15) is 95.6 Å². The summed E-state index contributed by atoms with van der Waals surface area (Å²) in [5.74, 6) is 2.36. The first-order chi connectivity index (χ1) is 16.8. The standard InChI is InChI=1S/C31H39F2NO/c1-4-5-6-20-7-8-24-16-25(14-13-23(24)15-20)26-17-27(32)29(28(33)18-26)21-9-11-22(12-10-21)30-34-31(2,3)19-35-30/h9-12,17-18,20,23-25H,4-8,13-16,19H2,1-3H3/t20?,23-,24-,25-/m1/s1. The van der Waals surface area contributed by atoms with Gasteiger partial charge in [0.2, 0.25) is 5.90 Å². The van der Waals surface area contributed by atoms with E-state index in [1.165, 1.54) is 44.9 Å². The zero-order valence-corrected chi connectivity index (χ0v) is 21.5. The molecule has 1 unspecified atom stereocenters. The molecule has 1 heterocycles. The molecular weight excluding hydrogens is 440 g/mol. The maximum Gasteiger partial charge on any atom is 0.216 e. The van der Waals surface area contributed by atoms with E-state index in [1.807, 2.05) is 26.0 Å². The summed E-state index contributed by atoms with van der Waals surface area (Å²) < 4.78 is 36.2. The lowest BCUT2D eigenvalue weighted by Gasteiger charge is -2.42. The van der Waals surface area contributed by atoms with Crippen LogP contribution in [0.2, 0.25) is 0 Å². The summed E-state index contributed by atoms with van der Waals surface area (Å²) >= 11 is 0. The summed E-state index contributed by atoms with van der Waals surface area (Å²) in [4.78, 5) is 4.58. The van der Waals surface area contributed by atoms with Crippen LogP contribution in [-0.2, 0) is 4.74 Å². The number of nitrogens with zero attached hydrogens (tertiary/aromatic N) is 1. The van der Waals surface area contributed by atoms with Gasteiger partial charge in [0.05, 0.1) is 11.1 Å². The van der Waals surface area contributed by atoms with Crippen molar-refractivity contribution in [1.29, 1.82) is 0 Å². The van der Waals surface area contributed by atoms with Crippen LogP contribution in [0.3, 0.4) is 0 Å². The predicted molar refractivity (Wildman–Crippen MR) is 139 cm³/mol. The Hall–Kier alpha value is -2.23. The monoisotopic (exact) mass is 479 g/mol. The van der Waals surface area contributed by atoms with Crippen molar-refractivity contribution >= 4 is 5.90 Å². The second kappa shape index (κ2) is 10.0. The van der Waals surface area contributed by atoms with E-state index < -0.39 is 11.6 Å².